The van der Waals surface area contributed by atoms with Crippen LogP contribution in [0.25, 0.3) is 0 Å². The van der Waals surface area contributed by atoms with Gasteiger partial charge in [0.1, 0.15) is 0 Å². The van der Waals surface area contributed by atoms with E-state index in [1.54, 1.807) is 13.2 Å². The molecule has 0 saturated heterocycles. The summed E-state index contributed by atoms with van der Waals surface area (Å²) in [6.45, 7) is 2.37. The van der Waals surface area contributed by atoms with Gasteiger partial charge >= 0.3 is 0 Å². The van der Waals surface area contributed by atoms with Gasteiger partial charge in [0, 0.05) is 30.0 Å². The fraction of sp³-hybridized carbons (Fsp3) is 0.200. The molecule has 2 aromatic rings. The number of hydrogen-bond donors (Lipinski definition) is 2. The minimum Gasteiger partial charge on any atom is -0.387 e. The molecule has 1 heterocycles. The van der Waals surface area contributed by atoms with Gasteiger partial charge in [-0.25, -0.2) is 0 Å². The largest absolute Gasteiger partial charge is 0.387 e. The molecular weight excluding hydrogens is 318 g/mol. The predicted molar refractivity (Wildman–Crippen MR) is 83.8 cm³/mol. The maximum Gasteiger partial charge on any atom is 0.255 e. The lowest BCUT2D eigenvalue weighted by atomic mass is 10.2. The molecule has 4 nitrogen and oxygen atoms in total. The first-order valence-corrected chi connectivity index (χ1v) is 7.06. The third kappa shape index (κ3) is 3.57. The molecule has 1 aromatic heterocycles. The molecule has 0 aliphatic heterocycles. The quantitative estimate of drug-likeness (QED) is 0.903. The minimum atomic E-state index is -0.137. The van der Waals surface area contributed by atoms with Gasteiger partial charge in [0.2, 0.25) is 0 Å². The second-order valence-electron chi connectivity index (χ2n) is 4.43. The fourth-order valence-electron chi connectivity index (χ4n) is 1.87. The lowest BCUT2D eigenvalue weighted by molar-refractivity contribution is 0.0951. The Labute approximate surface area is 126 Å². The molecule has 0 atom stereocenters. The highest BCUT2D eigenvalue weighted by molar-refractivity contribution is 9.10. The zero-order chi connectivity index (χ0) is 14.5. The zero-order valence-corrected chi connectivity index (χ0v) is 13.0. The van der Waals surface area contributed by atoms with Crippen molar-refractivity contribution in [3.05, 3.63) is 57.8 Å². The Morgan fingerprint density at radius 1 is 1.35 bits per heavy atom. The van der Waals surface area contributed by atoms with Crippen molar-refractivity contribution in [1.82, 2.24) is 10.3 Å². The summed E-state index contributed by atoms with van der Waals surface area (Å²) in [7, 11) is 1.79. The maximum atomic E-state index is 12.2. The van der Waals surface area contributed by atoms with Crippen molar-refractivity contribution in [2.75, 3.05) is 12.4 Å². The van der Waals surface area contributed by atoms with E-state index in [9.17, 15) is 4.79 Å². The summed E-state index contributed by atoms with van der Waals surface area (Å²) in [6.07, 6.45) is 1.59. The Bertz CT molecular complexity index is 628. The topological polar surface area (TPSA) is 54.0 Å². The number of amides is 1. The van der Waals surface area contributed by atoms with Crippen LogP contribution in [0.1, 0.15) is 21.6 Å². The molecule has 0 saturated carbocycles. The van der Waals surface area contributed by atoms with E-state index in [1.807, 2.05) is 37.3 Å². The normalized spacial score (nSPS) is 10.2. The number of halogens is 1. The molecule has 1 aromatic carbocycles. The van der Waals surface area contributed by atoms with E-state index in [4.69, 9.17) is 0 Å². The fourth-order valence-corrected chi connectivity index (χ4v) is 2.32. The van der Waals surface area contributed by atoms with Crippen molar-refractivity contribution in [2.45, 2.75) is 13.5 Å². The van der Waals surface area contributed by atoms with Crippen LogP contribution >= 0.6 is 15.9 Å². The van der Waals surface area contributed by atoms with Crippen molar-refractivity contribution in [3.63, 3.8) is 0 Å². The number of pyridine rings is 1. The van der Waals surface area contributed by atoms with Crippen molar-refractivity contribution in [3.8, 4) is 0 Å². The molecule has 0 aliphatic carbocycles. The first kappa shape index (κ1) is 14.5. The number of hydrogen-bond acceptors (Lipinski definition) is 3. The van der Waals surface area contributed by atoms with Crippen LogP contribution in [-0.4, -0.2) is 17.9 Å². The van der Waals surface area contributed by atoms with Crippen molar-refractivity contribution >= 4 is 27.5 Å². The second-order valence-corrected chi connectivity index (χ2v) is 5.35. The Hall–Kier alpha value is -1.88. The van der Waals surface area contributed by atoms with Crippen LogP contribution in [0.4, 0.5) is 5.69 Å². The first-order chi connectivity index (χ1) is 9.60. The average Bonchev–Trinajstić information content (AvgIpc) is 2.44. The van der Waals surface area contributed by atoms with Crippen LogP contribution in [0, 0.1) is 6.92 Å². The predicted octanol–water partition coefficient (Wildman–Crippen LogP) is 3.12. The molecule has 0 fully saturated rings. The van der Waals surface area contributed by atoms with Gasteiger partial charge in [0.25, 0.3) is 5.91 Å². The van der Waals surface area contributed by atoms with Gasteiger partial charge in [0.05, 0.1) is 11.3 Å². The first-order valence-electron chi connectivity index (χ1n) is 6.27. The SMILES string of the molecule is CNc1cc(C)ncc1C(=O)NCc1cccc(Br)c1. The van der Waals surface area contributed by atoms with Crippen molar-refractivity contribution < 1.29 is 4.79 Å². The average molecular weight is 334 g/mol. The Balaban J connectivity index is 2.09. The van der Waals surface area contributed by atoms with Crippen LogP contribution in [0.3, 0.4) is 0 Å². The van der Waals surface area contributed by atoms with Gasteiger partial charge < -0.3 is 10.6 Å². The summed E-state index contributed by atoms with van der Waals surface area (Å²) in [5.41, 5.74) is 3.24. The van der Waals surface area contributed by atoms with E-state index in [-0.39, 0.29) is 5.91 Å². The number of nitrogens with one attached hydrogen (secondary N) is 2. The second kappa shape index (κ2) is 6.52. The smallest absolute Gasteiger partial charge is 0.255 e. The maximum absolute atomic E-state index is 12.2. The lowest BCUT2D eigenvalue weighted by Gasteiger charge is -2.10. The van der Waals surface area contributed by atoms with Gasteiger partial charge in [-0.15, -0.1) is 0 Å². The van der Waals surface area contributed by atoms with E-state index in [1.165, 1.54) is 0 Å². The molecule has 0 unspecified atom stereocenters. The highest BCUT2D eigenvalue weighted by Crippen LogP contribution is 2.15. The van der Waals surface area contributed by atoms with Gasteiger partial charge in [-0.1, -0.05) is 28.1 Å². The van der Waals surface area contributed by atoms with Gasteiger partial charge in [-0.2, -0.15) is 0 Å². The van der Waals surface area contributed by atoms with Gasteiger partial charge in [-0.3, -0.25) is 9.78 Å². The van der Waals surface area contributed by atoms with E-state index in [0.29, 0.717) is 12.1 Å². The molecular formula is C15H16BrN3O. The number of benzene rings is 1. The number of carbonyl (C=O) groups excluding carboxylic acids is 1. The summed E-state index contributed by atoms with van der Waals surface area (Å²) in [5, 5.41) is 5.91. The van der Waals surface area contributed by atoms with Crippen LogP contribution in [-0.2, 0) is 6.54 Å². The minimum absolute atomic E-state index is 0.137. The number of nitrogens with zero attached hydrogens (tertiary/aromatic N) is 1. The summed E-state index contributed by atoms with van der Waals surface area (Å²) in [4.78, 5) is 16.4. The highest BCUT2D eigenvalue weighted by atomic mass is 79.9. The summed E-state index contributed by atoms with van der Waals surface area (Å²) < 4.78 is 0.997. The van der Waals surface area contributed by atoms with Crippen LogP contribution in [0.5, 0.6) is 0 Å². The number of rotatable bonds is 4. The van der Waals surface area contributed by atoms with Crippen molar-refractivity contribution in [2.24, 2.45) is 0 Å². The summed E-state index contributed by atoms with van der Waals surface area (Å²) in [6, 6.07) is 9.70. The highest BCUT2D eigenvalue weighted by Gasteiger charge is 2.11. The third-order valence-electron chi connectivity index (χ3n) is 2.90. The number of anilines is 1. The van der Waals surface area contributed by atoms with E-state index in [2.05, 4.69) is 31.5 Å². The van der Waals surface area contributed by atoms with E-state index >= 15 is 0 Å². The molecule has 5 heteroatoms. The molecule has 2 rings (SSSR count). The Morgan fingerprint density at radius 2 is 2.15 bits per heavy atom. The Morgan fingerprint density at radius 3 is 2.85 bits per heavy atom. The molecule has 104 valence electrons. The Kier molecular flexibility index (Phi) is 4.74. The zero-order valence-electron chi connectivity index (χ0n) is 11.4. The van der Waals surface area contributed by atoms with Crippen LogP contribution in [0.2, 0.25) is 0 Å². The molecule has 20 heavy (non-hydrogen) atoms. The number of aromatic nitrogens is 1. The van der Waals surface area contributed by atoms with Crippen LogP contribution < -0.4 is 10.6 Å². The van der Waals surface area contributed by atoms with Crippen molar-refractivity contribution in [1.29, 1.82) is 0 Å². The summed E-state index contributed by atoms with van der Waals surface area (Å²) >= 11 is 3.41. The standard InChI is InChI=1S/C15H16BrN3O/c1-10-6-14(17-2)13(9-18-10)15(20)19-8-11-4-3-5-12(16)7-11/h3-7,9H,8H2,1-2H3,(H,17,18)(H,19,20). The monoisotopic (exact) mass is 333 g/mol. The molecule has 0 spiro atoms. The number of carbonyl (C=O) groups is 1. The molecule has 0 bridgehead atoms. The lowest BCUT2D eigenvalue weighted by Crippen LogP contribution is -2.24. The molecule has 0 aliphatic rings. The third-order valence-corrected chi connectivity index (χ3v) is 3.39. The molecule has 1 amide bonds. The van der Waals surface area contributed by atoms with E-state index in [0.717, 1.165) is 21.4 Å². The van der Waals surface area contributed by atoms with E-state index < -0.39 is 0 Å². The van der Waals surface area contributed by atoms with Gasteiger partial charge in [0.15, 0.2) is 0 Å². The van der Waals surface area contributed by atoms with Gasteiger partial charge in [-0.05, 0) is 30.7 Å². The molecule has 0 radical (unpaired) electrons. The van der Waals surface area contributed by atoms with Crippen LogP contribution in [0.15, 0.2) is 41.0 Å². The number of aryl methyl sites for hydroxylation is 1. The molecule has 2 N–H and O–H groups in total. The summed E-state index contributed by atoms with van der Waals surface area (Å²) in [5.74, 6) is -0.137.